The molecule has 1 fully saturated rings. The van der Waals surface area contributed by atoms with Crippen LogP contribution >= 0.6 is 11.3 Å². The van der Waals surface area contributed by atoms with Gasteiger partial charge in [-0.1, -0.05) is 11.3 Å². The molecular formula is C15H20N4OS. The first kappa shape index (κ1) is 14.3. The number of amides is 1. The van der Waals surface area contributed by atoms with Gasteiger partial charge in [-0.3, -0.25) is 4.79 Å². The SMILES string of the molecule is CN(C)CC1CCCN1C(=O)c1ccc2nc(N)sc2c1. The maximum atomic E-state index is 12.7. The molecule has 0 radical (unpaired) electrons. The van der Waals surface area contributed by atoms with Gasteiger partial charge in [0.1, 0.15) is 0 Å². The van der Waals surface area contributed by atoms with Gasteiger partial charge in [0.05, 0.1) is 10.2 Å². The van der Waals surface area contributed by atoms with E-state index < -0.39 is 0 Å². The van der Waals surface area contributed by atoms with Gasteiger partial charge >= 0.3 is 0 Å². The second-order valence-corrected chi connectivity index (χ2v) is 6.85. The Labute approximate surface area is 128 Å². The number of rotatable bonds is 3. The lowest BCUT2D eigenvalue weighted by molar-refractivity contribution is 0.0716. The Bertz CT molecular complexity index is 667. The molecule has 0 bridgehead atoms. The number of nitrogens with two attached hydrogens (primary N) is 1. The van der Waals surface area contributed by atoms with Gasteiger partial charge < -0.3 is 15.5 Å². The number of anilines is 1. The highest BCUT2D eigenvalue weighted by Gasteiger charge is 2.29. The third-order valence-corrected chi connectivity index (χ3v) is 4.71. The summed E-state index contributed by atoms with van der Waals surface area (Å²) in [5.74, 6) is 0.119. The highest BCUT2D eigenvalue weighted by Crippen LogP contribution is 2.26. The zero-order chi connectivity index (χ0) is 15.0. The van der Waals surface area contributed by atoms with E-state index in [9.17, 15) is 4.79 Å². The van der Waals surface area contributed by atoms with Gasteiger partial charge in [-0.2, -0.15) is 0 Å². The van der Waals surface area contributed by atoms with Gasteiger partial charge in [0, 0.05) is 24.7 Å². The lowest BCUT2D eigenvalue weighted by atomic mass is 10.1. The third kappa shape index (κ3) is 2.87. The molecule has 1 aliphatic rings. The fourth-order valence-electron chi connectivity index (χ4n) is 2.96. The summed E-state index contributed by atoms with van der Waals surface area (Å²) in [4.78, 5) is 21.1. The van der Waals surface area contributed by atoms with Crippen LogP contribution < -0.4 is 5.73 Å². The highest BCUT2D eigenvalue weighted by molar-refractivity contribution is 7.22. The third-order valence-electron chi connectivity index (χ3n) is 3.87. The van der Waals surface area contributed by atoms with E-state index in [2.05, 4.69) is 9.88 Å². The molecule has 1 aromatic heterocycles. The summed E-state index contributed by atoms with van der Waals surface area (Å²) < 4.78 is 0.974. The second-order valence-electron chi connectivity index (χ2n) is 5.79. The summed E-state index contributed by atoms with van der Waals surface area (Å²) in [7, 11) is 4.10. The quantitative estimate of drug-likeness (QED) is 0.942. The molecule has 2 heterocycles. The molecule has 1 aromatic carbocycles. The van der Waals surface area contributed by atoms with E-state index in [1.807, 2.05) is 37.2 Å². The first-order chi connectivity index (χ1) is 10.0. The highest BCUT2D eigenvalue weighted by atomic mass is 32.1. The molecule has 1 saturated heterocycles. The van der Waals surface area contributed by atoms with Crippen molar-refractivity contribution in [1.29, 1.82) is 0 Å². The number of hydrogen-bond acceptors (Lipinski definition) is 5. The van der Waals surface area contributed by atoms with Gasteiger partial charge in [-0.05, 0) is 45.1 Å². The average molecular weight is 304 g/mol. The van der Waals surface area contributed by atoms with Gasteiger partial charge in [0.25, 0.3) is 5.91 Å². The number of thiazole rings is 1. The van der Waals surface area contributed by atoms with Crippen LogP contribution in [0.1, 0.15) is 23.2 Å². The Kier molecular flexibility index (Phi) is 3.82. The molecule has 2 aromatic rings. The van der Waals surface area contributed by atoms with E-state index in [1.54, 1.807) is 0 Å². The summed E-state index contributed by atoms with van der Waals surface area (Å²) in [6.07, 6.45) is 2.17. The molecule has 1 aliphatic heterocycles. The maximum Gasteiger partial charge on any atom is 0.254 e. The molecular weight excluding hydrogens is 284 g/mol. The maximum absolute atomic E-state index is 12.7. The standard InChI is InChI=1S/C15H20N4OS/c1-18(2)9-11-4-3-7-19(11)14(20)10-5-6-12-13(8-10)21-15(16)17-12/h5-6,8,11H,3-4,7,9H2,1-2H3,(H2,16,17). The van der Waals surface area contributed by atoms with Crippen molar-refractivity contribution in [1.82, 2.24) is 14.8 Å². The molecule has 2 N–H and O–H groups in total. The average Bonchev–Trinajstić information content (AvgIpc) is 3.01. The zero-order valence-electron chi connectivity index (χ0n) is 12.4. The van der Waals surface area contributed by atoms with Crippen molar-refractivity contribution in [2.75, 3.05) is 32.9 Å². The van der Waals surface area contributed by atoms with Crippen LogP contribution in [0.5, 0.6) is 0 Å². The summed E-state index contributed by atoms with van der Waals surface area (Å²) in [6.45, 7) is 1.77. The molecule has 21 heavy (non-hydrogen) atoms. The number of fused-ring (bicyclic) bond motifs is 1. The summed E-state index contributed by atoms with van der Waals surface area (Å²) in [6, 6.07) is 5.97. The number of carbonyl (C=O) groups is 1. The summed E-state index contributed by atoms with van der Waals surface area (Å²) in [5, 5.41) is 0.543. The van der Waals surface area contributed by atoms with Crippen molar-refractivity contribution in [3.63, 3.8) is 0 Å². The lowest BCUT2D eigenvalue weighted by Crippen LogP contribution is -2.41. The fraction of sp³-hybridized carbons (Fsp3) is 0.467. The first-order valence-corrected chi connectivity index (χ1v) is 7.98. The lowest BCUT2D eigenvalue weighted by Gasteiger charge is -2.27. The Morgan fingerprint density at radius 1 is 1.52 bits per heavy atom. The minimum atomic E-state index is 0.119. The number of nitrogens with zero attached hydrogens (tertiary/aromatic N) is 3. The first-order valence-electron chi connectivity index (χ1n) is 7.16. The summed E-state index contributed by atoms with van der Waals surface area (Å²) >= 11 is 1.43. The zero-order valence-corrected chi connectivity index (χ0v) is 13.2. The minimum Gasteiger partial charge on any atom is -0.375 e. The molecule has 1 atom stereocenters. The summed E-state index contributed by atoms with van der Waals surface area (Å²) in [5.41, 5.74) is 7.32. The van der Waals surface area contributed by atoms with Gasteiger partial charge in [-0.25, -0.2) is 4.98 Å². The van der Waals surface area contributed by atoms with Crippen LogP contribution in [0, 0.1) is 0 Å². The Morgan fingerprint density at radius 2 is 2.33 bits per heavy atom. The molecule has 0 spiro atoms. The van der Waals surface area contributed by atoms with E-state index in [4.69, 9.17) is 5.73 Å². The van der Waals surface area contributed by atoms with Gasteiger partial charge in [0.2, 0.25) is 0 Å². The predicted octanol–water partition coefficient (Wildman–Crippen LogP) is 2.04. The van der Waals surface area contributed by atoms with Crippen molar-refractivity contribution in [2.45, 2.75) is 18.9 Å². The van der Waals surface area contributed by atoms with Crippen LogP contribution in [0.25, 0.3) is 10.2 Å². The van der Waals surface area contributed by atoms with Crippen molar-refractivity contribution in [3.05, 3.63) is 23.8 Å². The molecule has 112 valence electrons. The van der Waals surface area contributed by atoms with Crippen LogP contribution in [0.4, 0.5) is 5.13 Å². The van der Waals surface area contributed by atoms with Crippen LogP contribution in [0.2, 0.25) is 0 Å². The fourth-order valence-corrected chi connectivity index (χ4v) is 3.73. The van der Waals surface area contributed by atoms with E-state index >= 15 is 0 Å². The number of aromatic nitrogens is 1. The van der Waals surface area contributed by atoms with Crippen molar-refractivity contribution in [3.8, 4) is 0 Å². The van der Waals surface area contributed by atoms with Gasteiger partial charge in [-0.15, -0.1) is 0 Å². The Hall–Kier alpha value is -1.66. The molecule has 5 nitrogen and oxygen atoms in total. The van der Waals surface area contributed by atoms with Crippen LogP contribution in [0.15, 0.2) is 18.2 Å². The minimum absolute atomic E-state index is 0.119. The Morgan fingerprint density at radius 3 is 3.10 bits per heavy atom. The topological polar surface area (TPSA) is 62.5 Å². The Balaban J connectivity index is 1.85. The molecule has 0 aliphatic carbocycles. The van der Waals surface area contributed by atoms with Crippen LogP contribution in [-0.4, -0.2) is 53.9 Å². The number of benzene rings is 1. The number of hydrogen-bond donors (Lipinski definition) is 1. The predicted molar refractivity (Wildman–Crippen MR) is 86.6 cm³/mol. The van der Waals surface area contributed by atoms with Crippen molar-refractivity contribution < 1.29 is 4.79 Å². The molecule has 0 saturated carbocycles. The molecule has 1 unspecified atom stereocenters. The van der Waals surface area contributed by atoms with Crippen molar-refractivity contribution in [2.24, 2.45) is 0 Å². The van der Waals surface area contributed by atoms with E-state index in [0.717, 1.165) is 41.7 Å². The molecule has 6 heteroatoms. The second kappa shape index (κ2) is 5.61. The monoisotopic (exact) mass is 304 g/mol. The number of likely N-dealkylation sites (tertiary alicyclic amines) is 1. The largest absolute Gasteiger partial charge is 0.375 e. The van der Waals surface area contributed by atoms with Crippen molar-refractivity contribution >= 4 is 32.6 Å². The van der Waals surface area contributed by atoms with E-state index in [0.29, 0.717) is 11.2 Å². The number of nitrogen functional groups attached to an aromatic ring is 1. The van der Waals surface area contributed by atoms with E-state index in [-0.39, 0.29) is 5.91 Å². The van der Waals surface area contributed by atoms with Gasteiger partial charge in [0.15, 0.2) is 5.13 Å². The number of likely N-dealkylation sites (N-methyl/N-ethyl adjacent to an activating group) is 1. The smallest absolute Gasteiger partial charge is 0.254 e. The molecule has 3 rings (SSSR count). The normalized spacial score (nSPS) is 18.8. The number of carbonyl (C=O) groups excluding carboxylic acids is 1. The van der Waals surface area contributed by atoms with Crippen LogP contribution in [-0.2, 0) is 0 Å². The van der Waals surface area contributed by atoms with Crippen LogP contribution in [0.3, 0.4) is 0 Å². The van der Waals surface area contributed by atoms with E-state index in [1.165, 1.54) is 11.3 Å². The molecule has 1 amide bonds.